The van der Waals surface area contributed by atoms with Crippen LogP contribution in [0, 0.1) is 6.92 Å². The highest BCUT2D eigenvalue weighted by atomic mass is 16.5. The molecule has 0 radical (unpaired) electrons. The molecule has 1 unspecified atom stereocenters. The maximum atomic E-state index is 5.87. The predicted octanol–water partition coefficient (Wildman–Crippen LogP) is 3.08. The van der Waals surface area contributed by atoms with Crippen LogP contribution in [0.4, 0.5) is 0 Å². The van der Waals surface area contributed by atoms with E-state index in [0.29, 0.717) is 12.6 Å². The number of aryl methyl sites for hydroxylation is 1. The largest absolute Gasteiger partial charge is 0.493 e. The summed E-state index contributed by atoms with van der Waals surface area (Å²) >= 11 is 0. The Morgan fingerprint density at radius 1 is 1.28 bits per heavy atom. The lowest BCUT2D eigenvalue weighted by atomic mass is 10.1. The van der Waals surface area contributed by atoms with Gasteiger partial charge in [-0.05, 0) is 39.4 Å². The molecule has 0 aliphatic carbocycles. The summed E-state index contributed by atoms with van der Waals surface area (Å²) in [5, 5.41) is 3.25. The molecular formula is C15H25NO2. The molecule has 0 amide bonds. The molecule has 0 heterocycles. The van der Waals surface area contributed by atoms with E-state index in [0.717, 1.165) is 25.4 Å². The molecule has 1 atom stereocenters. The van der Waals surface area contributed by atoms with E-state index >= 15 is 0 Å². The lowest BCUT2D eigenvalue weighted by molar-refractivity contribution is 0.130. The van der Waals surface area contributed by atoms with Gasteiger partial charge < -0.3 is 14.8 Å². The summed E-state index contributed by atoms with van der Waals surface area (Å²) in [4.78, 5) is 0. The Morgan fingerprint density at radius 2 is 2.06 bits per heavy atom. The fraction of sp³-hybridized carbons (Fsp3) is 0.600. The first kappa shape index (κ1) is 15.0. The Labute approximate surface area is 110 Å². The average molecular weight is 251 g/mol. The van der Waals surface area contributed by atoms with Crippen molar-refractivity contribution in [1.82, 2.24) is 5.32 Å². The van der Waals surface area contributed by atoms with E-state index in [1.54, 1.807) is 0 Å². The molecule has 18 heavy (non-hydrogen) atoms. The van der Waals surface area contributed by atoms with Gasteiger partial charge in [0.25, 0.3) is 0 Å². The van der Waals surface area contributed by atoms with Crippen LogP contribution in [0.2, 0.25) is 0 Å². The summed E-state index contributed by atoms with van der Waals surface area (Å²) in [5.74, 6) is 0.980. The molecule has 1 aromatic carbocycles. The van der Waals surface area contributed by atoms with Crippen molar-refractivity contribution in [1.29, 1.82) is 0 Å². The molecule has 0 aliphatic heterocycles. The first-order chi connectivity index (χ1) is 8.69. The minimum Gasteiger partial charge on any atom is -0.493 e. The standard InChI is InChI=1S/C15H25NO2/c1-5-17-9-6-10-18-15-11-12(2)7-8-14(15)13(3)16-4/h7-8,11,13,16H,5-6,9-10H2,1-4H3. The van der Waals surface area contributed by atoms with Gasteiger partial charge in [-0.2, -0.15) is 0 Å². The second-order valence-corrected chi connectivity index (χ2v) is 4.45. The summed E-state index contributed by atoms with van der Waals surface area (Å²) in [6.45, 7) is 8.46. The van der Waals surface area contributed by atoms with Crippen LogP contribution in [0.15, 0.2) is 18.2 Å². The van der Waals surface area contributed by atoms with E-state index in [2.05, 4.69) is 37.4 Å². The molecule has 1 N–H and O–H groups in total. The Hall–Kier alpha value is -1.06. The Bertz CT molecular complexity index is 352. The number of rotatable bonds is 8. The van der Waals surface area contributed by atoms with Crippen molar-refractivity contribution in [3.63, 3.8) is 0 Å². The SMILES string of the molecule is CCOCCCOc1cc(C)ccc1C(C)NC. The summed E-state index contributed by atoms with van der Waals surface area (Å²) in [6.07, 6.45) is 0.926. The van der Waals surface area contributed by atoms with Gasteiger partial charge in [0.1, 0.15) is 5.75 Å². The van der Waals surface area contributed by atoms with Gasteiger partial charge in [-0.25, -0.2) is 0 Å². The maximum Gasteiger partial charge on any atom is 0.124 e. The number of hydrogen-bond donors (Lipinski definition) is 1. The lowest BCUT2D eigenvalue weighted by Crippen LogP contribution is -2.14. The third kappa shape index (κ3) is 4.67. The Morgan fingerprint density at radius 3 is 2.72 bits per heavy atom. The van der Waals surface area contributed by atoms with Crippen LogP contribution in [-0.2, 0) is 4.74 Å². The Balaban J connectivity index is 2.59. The molecule has 0 bridgehead atoms. The van der Waals surface area contributed by atoms with Gasteiger partial charge in [0.15, 0.2) is 0 Å². The second kappa shape index (κ2) is 8.11. The van der Waals surface area contributed by atoms with E-state index < -0.39 is 0 Å². The lowest BCUT2D eigenvalue weighted by Gasteiger charge is -2.17. The van der Waals surface area contributed by atoms with Gasteiger partial charge in [-0.1, -0.05) is 12.1 Å². The van der Waals surface area contributed by atoms with E-state index in [1.807, 2.05) is 14.0 Å². The van der Waals surface area contributed by atoms with Crippen LogP contribution in [0.1, 0.15) is 37.4 Å². The van der Waals surface area contributed by atoms with Crippen molar-refractivity contribution in [2.45, 2.75) is 33.2 Å². The van der Waals surface area contributed by atoms with Gasteiger partial charge >= 0.3 is 0 Å². The number of nitrogens with one attached hydrogen (secondary N) is 1. The molecule has 3 nitrogen and oxygen atoms in total. The number of hydrogen-bond acceptors (Lipinski definition) is 3. The molecule has 102 valence electrons. The van der Waals surface area contributed by atoms with Gasteiger partial charge in [0.2, 0.25) is 0 Å². The minimum absolute atomic E-state index is 0.299. The summed E-state index contributed by atoms with van der Waals surface area (Å²) in [7, 11) is 1.96. The van der Waals surface area contributed by atoms with Crippen LogP contribution in [0.3, 0.4) is 0 Å². The van der Waals surface area contributed by atoms with Crippen molar-refractivity contribution in [2.24, 2.45) is 0 Å². The van der Waals surface area contributed by atoms with Gasteiger partial charge in [0, 0.05) is 31.2 Å². The van der Waals surface area contributed by atoms with Crippen LogP contribution in [0.25, 0.3) is 0 Å². The molecule has 3 heteroatoms. The van der Waals surface area contributed by atoms with Crippen molar-refractivity contribution in [3.05, 3.63) is 29.3 Å². The fourth-order valence-electron chi connectivity index (χ4n) is 1.77. The number of ether oxygens (including phenoxy) is 2. The highest BCUT2D eigenvalue weighted by molar-refractivity contribution is 5.39. The van der Waals surface area contributed by atoms with Crippen LogP contribution < -0.4 is 10.1 Å². The molecule has 0 fully saturated rings. The first-order valence-electron chi connectivity index (χ1n) is 6.67. The summed E-state index contributed by atoms with van der Waals surface area (Å²) < 4.78 is 11.2. The second-order valence-electron chi connectivity index (χ2n) is 4.45. The summed E-state index contributed by atoms with van der Waals surface area (Å²) in [5.41, 5.74) is 2.43. The highest BCUT2D eigenvalue weighted by Gasteiger charge is 2.10. The van der Waals surface area contributed by atoms with Gasteiger partial charge in [0.05, 0.1) is 6.61 Å². The van der Waals surface area contributed by atoms with Gasteiger partial charge in [-0.3, -0.25) is 0 Å². The fourth-order valence-corrected chi connectivity index (χ4v) is 1.77. The van der Waals surface area contributed by atoms with E-state index in [9.17, 15) is 0 Å². The van der Waals surface area contributed by atoms with Crippen molar-refractivity contribution in [2.75, 3.05) is 26.9 Å². The van der Waals surface area contributed by atoms with Crippen LogP contribution in [0.5, 0.6) is 5.75 Å². The monoisotopic (exact) mass is 251 g/mol. The van der Waals surface area contributed by atoms with Crippen molar-refractivity contribution < 1.29 is 9.47 Å². The molecule has 0 saturated heterocycles. The normalized spacial score (nSPS) is 12.4. The quantitative estimate of drug-likeness (QED) is 0.720. The van der Waals surface area contributed by atoms with E-state index in [4.69, 9.17) is 9.47 Å². The summed E-state index contributed by atoms with van der Waals surface area (Å²) in [6, 6.07) is 6.65. The van der Waals surface area contributed by atoms with E-state index in [-0.39, 0.29) is 0 Å². The third-order valence-corrected chi connectivity index (χ3v) is 2.96. The van der Waals surface area contributed by atoms with Crippen molar-refractivity contribution in [3.8, 4) is 5.75 Å². The molecule has 1 aromatic rings. The van der Waals surface area contributed by atoms with Crippen LogP contribution >= 0.6 is 0 Å². The first-order valence-corrected chi connectivity index (χ1v) is 6.67. The molecule has 1 rings (SSSR count). The average Bonchev–Trinajstić information content (AvgIpc) is 2.38. The molecule has 0 aliphatic rings. The maximum absolute atomic E-state index is 5.87. The zero-order valence-electron chi connectivity index (χ0n) is 12.0. The topological polar surface area (TPSA) is 30.5 Å². The van der Waals surface area contributed by atoms with Crippen LogP contribution in [-0.4, -0.2) is 26.9 Å². The molecule has 0 spiro atoms. The molecule has 0 saturated carbocycles. The van der Waals surface area contributed by atoms with E-state index in [1.165, 1.54) is 11.1 Å². The zero-order chi connectivity index (χ0) is 13.4. The highest BCUT2D eigenvalue weighted by Crippen LogP contribution is 2.26. The van der Waals surface area contributed by atoms with Crippen molar-refractivity contribution >= 4 is 0 Å². The van der Waals surface area contributed by atoms with Gasteiger partial charge in [-0.15, -0.1) is 0 Å². The molecule has 0 aromatic heterocycles. The molecular weight excluding hydrogens is 226 g/mol. The third-order valence-electron chi connectivity index (χ3n) is 2.96. The Kier molecular flexibility index (Phi) is 6.76. The minimum atomic E-state index is 0.299. The predicted molar refractivity (Wildman–Crippen MR) is 75.3 cm³/mol. The smallest absolute Gasteiger partial charge is 0.124 e. The zero-order valence-corrected chi connectivity index (χ0v) is 12.0. The number of benzene rings is 1.